The predicted molar refractivity (Wildman–Crippen MR) is 256 cm³/mol. The predicted octanol–water partition coefficient (Wildman–Crippen LogP) is 14.9. The van der Waals surface area contributed by atoms with Crippen molar-refractivity contribution in [2.24, 2.45) is 0 Å². The lowest BCUT2D eigenvalue weighted by Crippen LogP contribution is -2.29. The van der Waals surface area contributed by atoms with Crippen molar-refractivity contribution in [2.45, 2.75) is 18.8 Å². The van der Waals surface area contributed by atoms with Crippen molar-refractivity contribution in [1.29, 1.82) is 0 Å². The molecule has 1 aliphatic rings. The summed E-state index contributed by atoms with van der Waals surface area (Å²) in [6.07, 6.45) is 9.57. The normalized spacial score (nSPS) is 14.9. The van der Waals surface area contributed by atoms with E-state index in [0.29, 0.717) is 17.5 Å². The van der Waals surface area contributed by atoms with Gasteiger partial charge in [0.1, 0.15) is 0 Å². The van der Waals surface area contributed by atoms with E-state index in [1.54, 1.807) is 0 Å². The third-order valence-electron chi connectivity index (χ3n) is 12.5. The van der Waals surface area contributed by atoms with Gasteiger partial charge in [0.15, 0.2) is 17.5 Å². The van der Waals surface area contributed by atoms with Crippen LogP contribution >= 0.6 is 0 Å². The van der Waals surface area contributed by atoms with Crippen LogP contribution in [0.15, 0.2) is 218 Å². The van der Waals surface area contributed by atoms with Crippen molar-refractivity contribution in [2.75, 3.05) is 0 Å². The summed E-state index contributed by atoms with van der Waals surface area (Å²) in [5.41, 5.74) is 9.30. The Bertz CT molecular complexity index is 3290. The van der Waals surface area contributed by atoms with E-state index in [1.165, 1.54) is 49.4 Å². The first-order chi connectivity index (χ1) is 30.2. The summed E-state index contributed by atoms with van der Waals surface area (Å²) < 4.78 is 0. The lowest BCUT2D eigenvalue weighted by atomic mass is 9.67. The van der Waals surface area contributed by atoms with E-state index < -0.39 is 5.41 Å². The zero-order valence-corrected chi connectivity index (χ0v) is 33.9. The Labute approximate surface area is 355 Å². The molecule has 0 aliphatic heterocycles. The van der Waals surface area contributed by atoms with Crippen molar-refractivity contribution in [1.82, 2.24) is 15.0 Å². The van der Waals surface area contributed by atoms with Gasteiger partial charge in [-0.15, -0.1) is 0 Å². The van der Waals surface area contributed by atoms with E-state index in [1.807, 2.05) is 6.08 Å². The van der Waals surface area contributed by atoms with Gasteiger partial charge in [0.05, 0.1) is 5.41 Å². The van der Waals surface area contributed by atoms with Crippen LogP contribution in [-0.2, 0) is 5.41 Å². The lowest BCUT2D eigenvalue weighted by Gasteiger charge is -2.34. The van der Waals surface area contributed by atoms with Gasteiger partial charge in [0.2, 0.25) is 0 Å². The molecule has 3 nitrogen and oxygen atoms in total. The zero-order valence-electron chi connectivity index (χ0n) is 33.9. The molecule has 0 saturated carbocycles. The van der Waals surface area contributed by atoms with E-state index in [9.17, 15) is 0 Å². The number of benzene rings is 9. The van der Waals surface area contributed by atoms with Crippen molar-refractivity contribution < 1.29 is 0 Å². The highest BCUT2D eigenvalue weighted by molar-refractivity contribution is 6.15. The Kier molecular flexibility index (Phi) is 8.82. The lowest BCUT2D eigenvalue weighted by molar-refractivity contribution is 0.767. The summed E-state index contributed by atoms with van der Waals surface area (Å²) in [7, 11) is 0. The number of hydrogen-bond donors (Lipinski definition) is 0. The second kappa shape index (κ2) is 14.8. The van der Waals surface area contributed by atoms with E-state index in [2.05, 4.69) is 214 Å². The zero-order chi connectivity index (χ0) is 40.9. The number of allylic oxidation sites excluding steroid dienone is 5. The molecule has 9 aromatic carbocycles. The smallest absolute Gasteiger partial charge is 0.164 e. The Morgan fingerprint density at radius 1 is 0.475 bits per heavy atom. The van der Waals surface area contributed by atoms with Crippen molar-refractivity contribution >= 4 is 43.1 Å². The number of aromatic nitrogens is 3. The Morgan fingerprint density at radius 2 is 0.984 bits per heavy atom. The van der Waals surface area contributed by atoms with E-state index >= 15 is 0 Å². The number of fused-ring (bicyclic) bond motifs is 9. The SMILES string of the molecule is C=CC(=CC=CCC)C1(c2ccccc2)c2ccccc2-c2ccc(-c3nc(-c4cc5ccccc5c5ccccc45)nc(-c4cc5ccccc5c5ccccc45)n3)cc21. The second-order valence-electron chi connectivity index (χ2n) is 15.8. The molecule has 0 fully saturated rings. The maximum atomic E-state index is 5.45. The van der Waals surface area contributed by atoms with Crippen LogP contribution < -0.4 is 0 Å². The topological polar surface area (TPSA) is 38.7 Å². The maximum Gasteiger partial charge on any atom is 0.164 e. The molecule has 0 N–H and O–H groups in total. The summed E-state index contributed by atoms with van der Waals surface area (Å²) in [5, 5.41) is 9.21. The van der Waals surface area contributed by atoms with Gasteiger partial charge in [0, 0.05) is 16.7 Å². The number of rotatable bonds is 8. The molecule has 61 heavy (non-hydrogen) atoms. The van der Waals surface area contributed by atoms with Crippen LogP contribution in [0.3, 0.4) is 0 Å². The Balaban J connectivity index is 1.22. The van der Waals surface area contributed by atoms with Gasteiger partial charge >= 0.3 is 0 Å². The fraction of sp³-hybridized carbons (Fsp3) is 0.0517. The highest BCUT2D eigenvalue weighted by Gasteiger charge is 2.46. The largest absolute Gasteiger partial charge is 0.208 e. The maximum absolute atomic E-state index is 5.45. The van der Waals surface area contributed by atoms with Gasteiger partial charge in [0.25, 0.3) is 0 Å². The Hall–Kier alpha value is -7.75. The minimum absolute atomic E-state index is 0.616. The summed E-state index contributed by atoms with van der Waals surface area (Å²) >= 11 is 0. The standard InChI is InChI=1S/C58H41N3/c1-3-5-7-22-41(4-2)58(42-23-8-6-9-24-42)53-32-19-18-31-49(53)50-34-33-40(37-54(50)58)55-59-56(51-35-38-20-10-12-25-43(38)45-27-14-16-29-47(45)51)61-57(60-55)52-36-39-21-11-13-26-44(39)46-28-15-17-30-48(46)52/h4-37H,2-3H2,1H3. The van der Waals surface area contributed by atoms with Gasteiger partial charge in [-0.05, 0) is 101 Å². The summed E-state index contributed by atoms with van der Waals surface area (Å²) in [4.78, 5) is 16.3. The first kappa shape index (κ1) is 36.3. The molecule has 3 heteroatoms. The first-order valence-electron chi connectivity index (χ1n) is 21.0. The van der Waals surface area contributed by atoms with Gasteiger partial charge in [-0.3, -0.25) is 0 Å². The number of nitrogens with zero attached hydrogens (tertiary/aromatic N) is 3. The van der Waals surface area contributed by atoms with Crippen molar-refractivity contribution in [3.05, 3.63) is 235 Å². The molecule has 0 amide bonds. The molecule has 11 rings (SSSR count). The van der Waals surface area contributed by atoms with Crippen LogP contribution in [0.25, 0.3) is 88.4 Å². The van der Waals surface area contributed by atoms with Gasteiger partial charge < -0.3 is 0 Å². The monoisotopic (exact) mass is 779 g/mol. The molecule has 1 unspecified atom stereocenters. The molecule has 1 aliphatic carbocycles. The van der Waals surface area contributed by atoms with E-state index in [0.717, 1.165) is 50.2 Å². The van der Waals surface area contributed by atoms with Crippen LogP contribution in [0.5, 0.6) is 0 Å². The molecule has 0 radical (unpaired) electrons. The summed E-state index contributed by atoms with van der Waals surface area (Å²) in [6, 6.07) is 65.2. The van der Waals surface area contributed by atoms with Crippen LogP contribution in [-0.4, -0.2) is 15.0 Å². The van der Waals surface area contributed by atoms with Crippen molar-refractivity contribution in [3.8, 4) is 45.3 Å². The van der Waals surface area contributed by atoms with Crippen LogP contribution in [0.1, 0.15) is 30.0 Å². The average molecular weight is 780 g/mol. The highest BCUT2D eigenvalue weighted by Crippen LogP contribution is 2.57. The summed E-state index contributed by atoms with van der Waals surface area (Å²) in [5.74, 6) is 1.88. The molecule has 0 saturated heterocycles. The quantitative estimate of drug-likeness (QED) is 0.114. The van der Waals surface area contributed by atoms with Crippen LogP contribution in [0.4, 0.5) is 0 Å². The van der Waals surface area contributed by atoms with E-state index in [-0.39, 0.29) is 0 Å². The molecular formula is C58H41N3. The third-order valence-corrected chi connectivity index (χ3v) is 12.5. The molecule has 1 aromatic heterocycles. The van der Waals surface area contributed by atoms with Crippen LogP contribution in [0, 0.1) is 0 Å². The molecule has 10 aromatic rings. The van der Waals surface area contributed by atoms with E-state index in [4.69, 9.17) is 15.0 Å². The molecule has 0 bridgehead atoms. The minimum Gasteiger partial charge on any atom is -0.208 e. The highest BCUT2D eigenvalue weighted by atomic mass is 15.0. The summed E-state index contributed by atoms with van der Waals surface area (Å²) in [6.45, 7) is 6.59. The van der Waals surface area contributed by atoms with Gasteiger partial charge in [-0.2, -0.15) is 0 Å². The molecule has 1 heterocycles. The first-order valence-corrected chi connectivity index (χ1v) is 21.0. The molecule has 288 valence electrons. The molecule has 1 atom stereocenters. The average Bonchev–Trinajstić information content (AvgIpc) is 3.62. The van der Waals surface area contributed by atoms with Gasteiger partial charge in [-0.25, -0.2) is 15.0 Å². The molecule has 0 spiro atoms. The van der Waals surface area contributed by atoms with Crippen LogP contribution in [0.2, 0.25) is 0 Å². The third kappa shape index (κ3) is 5.77. The van der Waals surface area contributed by atoms with Crippen molar-refractivity contribution in [3.63, 3.8) is 0 Å². The fourth-order valence-electron chi connectivity index (χ4n) is 9.77. The Morgan fingerprint density at radius 3 is 1.59 bits per heavy atom. The van der Waals surface area contributed by atoms with Gasteiger partial charge in [-0.1, -0.05) is 202 Å². The number of hydrogen-bond acceptors (Lipinski definition) is 3. The molecular weight excluding hydrogens is 739 g/mol. The fourth-order valence-corrected chi connectivity index (χ4v) is 9.77. The second-order valence-corrected chi connectivity index (χ2v) is 15.8. The minimum atomic E-state index is -0.634.